The molecule has 0 radical (unpaired) electrons. The molecule has 1 unspecified atom stereocenters. The van der Waals surface area contributed by atoms with Gasteiger partial charge in [-0.05, 0) is 86.8 Å². The number of aromatic nitrogens is 2. The highest BCUT2D eigenvalue weighted by Crippen LogP contribution is 2.41. The Morgan fingerprint density at radius 2 is 0.924 bits per heavy atom. The number of hydrazone groups is 2. The summed E-state index contributed by atoms with van der Waals surface area (Å²) in [5, 5.41) is 245. The highest BCUT2D eigenvalue weighted by Gasteiger charge is 2.61. The molecule has 5 aromatic rings. The Morgan fingerprint density at radius 3 is 1.37 bits per heavy atom. The first kappa shape index (κ1) is 112. The maximum absolute atomic E-state index is 15.0. The van der Waals surface area contributed by atoms with Gasteiger partial charge in [-0.3, -0.25) is 34.6 Å². The summed E-state index contributed by atoms with van der Waals surface area (Å²) in [4.78, 5) is 57.4. The highest BCUT2D eigenvalue weighted by atomic mass is 32.2. The Bertz CT molecular complexity index is 5060. The van der Waals surface area contributed by atoms with Gasteiger partial charge in [0.25, 0.3) is 21.9 Å². The molecular weight excluding hydrogens is 1950 g/mol. The monoisotopic (exact) mass is 2080 g/mol. The van der Waals surface area contributed by atoms with E-state index in [2.05, 4.69) is 61.5 Å². The average molecular weight is 2080 g/mol. The van der Waals surface area contributed by atoms with Crippen molar-refractivity contribution in [3.8, 4) is 28.3 Å². The molecule has 22 aliphatic heterocycles. The predicted octanol–water partition coefficient (Wildman–Crippen LogP) is -8.19. The Kier molecular flexibility index (Phi) is 39.6. The number of amidine groups is 1. The molecule has 27 N–H and O–H groups in total. The molecule has 0 saturated carbocycles. The fourth-order valence-corrected chi connectivity index (χ4v) is 18.6. The van der Waals surface area contributed by atoms with Gasteiger partial charge < -0.3 is 184 Å². The molecule has 2 aromatic heterocycles. The number of ether oxygens (including phenoxy) is 15. The van der Waals surface area contributed by atoms with Gasteiger partial charge in [0.2, 0.25) is 11.8 Å². The quantitative estimate of drug-likeness (QED) is 0.00775. The van der Waals surface area contributed by atoms with E-state index in [1.165, 1.54) is 30.3 Å². The van der Waals surface area contributed by atoms with Crippen molar-refractivity contribution in [2.24, 2.45) is 15.6 Å². The van der Waals surface area contributed by atoms with Gasteiger partial charge in [0.1, 0.15) is 194 Å². The number of aliphatic hydroxyl groups is 20. The fourth-order valence-electron chi connectivity index (χ4n) is 18.0. The van der Waals surface area contributed by atoms with Crippen LogP contribution in [-0.4, -0.2) is 447 Å². The van der Waals surface area contributed by atoms with Crippen LogP contribution >= 0.6 is 0 Å². The molecule has 36 atom stereocenters. The highest BCUT2D eigenvalue weighted by molar-refractivity contribution is 7.86. The fraction of sp³-hybridized carbons (Fsp3) is 0.637. The molecule has 804 valence electrons. The van der Waals surface area contributed by atoms with Crippen LogP contribution in [0, 0.1) is 5.41 Å². The largest absolute Gasteiger partial charge is 0.478 e. The van der Waals surface area contributed by atoms with E-state index in [0.29, 0.717) is 31.9 Å². The summed E-state index contributed by atoms with van der Waals surface area (Å²) >= 11 is 0. The number of unbranched alkanes of at least 4 members (excludes halogenated alkanes) is 3. The van der Waals surface area contributed by atoms with E-state index >= 15 is 4.79 Å². The average Bonchev–Trinajstić information content (AvgIpc) is 1.37. The number of carbonyl (C=O) groups excluding carboxylic acids is 3. The van der Waals surface area contributed by atoms with Crippen molar-refractivity contribution in [1.82, 2.24) is 42.2 Å². The zero-order valence-corrected chi connectivity index (χ0v) is 79.2. The summed E-state index contributed by atoms with van der Waals surface area (Å²) < 4.78 is 123. The molecule has 53 nitrogen and oxygen atoms in total. The van der Waals surface area contributed by atoms with Gasteiger partial charge in [-0.2, -0.15) is 13.5 Å². The molecule has 22 aliphatic rings. The summed E-state index contributed by atoms with van der Waals surface area (Å²) in [6, 6.07) is 30.1. The Morgan fingerprint density at radius 1 is 0.490 bits per heavy atom. The third kappa shape index (κ3) is 27.1. The molecule has 3 aromatic carbocycles. The Balaban J connectivity index is 0.661. The van der Waals surface area contributed by atoms with Gasteiger partial charge in [0.05, 0.1) is 70.3 Å². The van der Waals surface area contributed by atoms with Crippen LogP contribution in [0.1, 0.15) is 87.6 Å². The summed E-state index contributed by atoms with van der Waals surface area (Å²) in [6.07, 6.45) is -70.0. The normalized spacial score (nSPS) is 35.7. The molecule has 21 fully saturated rings. The van der Waals surface area contributed by atoms with Crippen molar-refractivity contribution in [2.45, 2.75) is 298 Å². The van der Waals surface area contributed by atoms with E-state index in [4.69, 9.17) is 80.9 Å². The minimum atomic E-state index is -4.68. The number of hydroxylamine groups is 1. The van der Waals surface area contributed by atoms with Gasteiger partial charge in [-0.25, -0.2) is 21.0 Å². The zero-order chi connectivity index (χ0) is 104. The number of pyridine rings is 2. The molecule has 21 saturated heterocycles. The number of hydrogen-bond donors (Lipinski definition) is 27. The van der Waals surface area contributed by atoms with Crippen LogP contribution in [0.5, 0.6) is 5.88 Å². The van der Waals surface area contributed by atoms with Crippen molar-refractivity contribution >= 4 is 45.7 Å². The molecule has 0 aliphatic carbocycles. The summed E-state index contributed by atoms with van der Waals surface area (Å²) in [5.74, 6) is -1.28. The van der Waals surface area contributed by atoms with Crippen molar-refractivity contribution in [3.63, 3.8) is 0 Å². The molecule has 3 amide bonds. The van der Waals surface area contributed by atoms with E-state index in [9.17, 15) is 125 Å². The van der Waals surface area contributed by atoms with Crippen LogP contribution in [0.15, 0.2) is 130 Å². The molecule has 0 spiro atoms. The predicted molar refractivity (Wildman–Crippen MR) is 488 cm³/mol. The zero-order valence-electron chi connectivity index (χ0n) is 78.4. The molecule has 54 heteroatoms. The number of rotatable bonds is 35. The van der Waals surface area contributed by atoms with Gasteiger partial charge >= 0.3 is 0 Å². The third-order valence-electron chi connectivity index (χ3n) is 26.1. The van der Waals surface area contributed by atoms with Crippen molar-refractivity contribution in [2.75, 3.05) is 71.4 Å². The van der Waals surface area contributed by atoms with Gasteiger partial charge in [-0.1, -0.05) is 92.7 Å². The van der Waals surface area contributed by atoms with Crippen molar-refractivity contribution < 1.29 is 205 Å². The number of aliphatic hydroxyl groups excluding tert-OH is 20. The number of nitrogens with one attached hydrogen (secondary N) is 6. The number of carbonyl (C=O) groups is 3. The lowest BCUT2D eigenvalue weighted by Crippen LogP contribution is -2.69. The summed E-state index contributed by atoms with van der Waals surface area (Å²) in [7, 11) is -4.68. The van der Waals surface area contributed by atoms with E-state index in [-0.39, 0.29) is 60.5 Å². The molecule has 14 bridgehead atoms. The standard InChI is InChI=1S/C91H127N11O42S/c1-91(2,27-13-16-30-129-59-32-46(42-17-5-3-6-18-42)31-48(95-59)43-19-7-4-8-20-43)90-98-101-102(99-90)29-15-12-24-58(110)92-28-14-11-22-47(96-81(124)45-25-26-57(93-33-45)97-94-34-44-21-9-10-23-56(44)145(126,127)128)82(125)100-144-80-72(123)89-136-55(41-109)79(80)143-88-71(122)65(116)77(53(39-107)135-88)141-86-69(120)63(114)75(51(37-105)133-86)139-84-67(118)61(112)73(49(35-103)131-84)137-83-66(117)60(111)74(50(36-104)130-83)138-85-68(119)62(113)76(52(38-106)132-85)140-87-70(121)64(115)78(142-89)54(40-108)134-87/h3-10,17-21,23,25-26,31-34,47,49-55,60-80,83-89,101,103-109,111-123H,11-16,22,24,27-30,35-41H2,1-2H3,(H,92,110)(H,93,97)(H,96,124)(H,98,99)(H,100,125)(H,126,127,128)/b94-34+/t47?,49-,50-,51-,52-,53-,54-,55-,60-,61+,62-,63+,64-,65+,66-,67+,68-,69+,70-,71+,72-,73-,74-,75-,76-,77-,78-,79-,80-,83-,84-,85-,86-,87-,88-,89-/m1/s1. The third-order valence-corrected chi connectivity index (χ3v) is 27.1. The van der Waals surface area contributed by atoms with Crippen LogP contribution < -0.4 is 37.2 Å². The van der Waals surface area contributed by atoms with Crippen LogP contribution in [0.25, 0.3) is 22.4 Å². The van der Waals surface area contributed by atoms with Gasteiger partial charge in [-0.15, -0.1) is 10.2 Å². The van der Waals surface area contributed by atoms with Crippen LogP contribution in [0.2, 0.25) is 0 Å². The topological polar surface area (TPSA) is 784 Å². The maximum atomic E-state index is 15.0. The summed E-state index contributed by atoms with van der Waals surface area (Å²) in [6.45, 7) is -3.04. The molecule has 27 rings (SSSR count). The van der Waals surface area contributed by atoms with E-state index < -0.39 is 294 Å². The Labute approximate surface area is 829 Å². The van der Waals surface area contributed by atoms with E-state index in [1.54, 1.807) is 5.12 Å². The minimum Gasteiger partial charge on any atom is -0.478 e. The van der Waals surface area contributed by atoms with Crippen molar-refractivity contribution in [1.29, 1.82) is 0 Å². The Hall–Kier alpha value is -8.62. The van der Waals surface area contributed by atoms with Crippen molar-refractivity contribution in [3.05, 3.63) is 127 Å². The minimum absolute atomic E-state index is 0.00312. The number of amides is 3. The summed E-state index contributed by atoms with van der Waals surface area (Å²) in [5.41, 5.74) is 14.3. The second kappa shape index (κ2) is 51.3. The lowest BCUT2D eigenvalue weighted by atomic mass is 9.86. The lowest BCUT2D eigenvalue weighted by Gasteiger charge is -2.50. The first-order valence-corrected chi connectivity index (χ1v) is 48.8. The second-order valence-corrected chi connectivity index (χ2v) is 38.1. The van der Waals surface area contributed by atoms with E-state index in [1.807, 2.05) is 72.8 Å². The van der Waals surface area contributed by atoms with Gasteiger partial charge in [0, 0.05) is 48.3 Å². The number of benzene rings is 3. The molecule has 145 heavy (non-hydrogen) atoms. The number of hydrazine groups is 2. The first-order valence-electron chi connectivity index (χ1n) is 47.3. The number of anilines is 1. The first-order chi connectivity index (χ1) is 69.6. The lowest BCUT2D eigenvalue weighted by molar-refractivity contribution is -0.399. The van der Waals surface area contributed by atoms with Crippen LogP contribution in [0.4, 0.5) is 5.82 Å². The van der Waals surface area contributed by atoms with Crippen LogP contribution in [0.3, 0.4) is 0 Å². The second-order valence-electron chi connectivity index (χ2n) is 36.7. The van der Waals surface area contributed by atoms with E-state index in [0.717, 1.165) is 66.0 Å². The van der Waals surface area contributed by atoms with Crippen LogP contribution in [-0.2, 0) is 90.9 Å². The van der Waals surface area contributed by atoms with Gasteiger partial charge in [0.15, 0.2) is 44.0 Å². The smallest absolute Gasteiger partial charge is 0.295 e. The molecule has 24 heterocycles. The maximum Gasteiger partial charge on any atom is 0.295 e. The molecular formula is C91H127N11O42S. The number of nitrogens with zero attached hydrogens (tertiary/aromatic N) is 5. The SMILES string of the molecule is CC(C)(CCCCOc1cc(-c2ccccc2)cc(-c2ccccc2)n1)C1=NNN(CCCCC(=O)NCCCCC(NC(=O)c2ccc(N/N=C/c3ccccc3S(=O)(=O)O)nc2)C(=O)NO[C@@H]2[C@@H](O)[C@H]3O[C@H]4[C@H](O)[C@@H](O)[C@@H](O[C@H]5[C@H](O)[C@@H](O)[C@@H](O[C@H]6[C@H](O)[C@@H](O)[C@@H](O[C@H]7[C@@H](O)[C@H](O)[C@@H](O[C@H]8[C@@H](O)[C@H](O)[C@@H](O[C@H]9[C@@H](O)[C@H](O)[C@@H](O[C@@H]2[C@@H](CO)O3)O[C@@H]9CO)O[C@@H]8CO)O[C@@H]7CO)O[C@@H]6CO)O[C@@H]5CO)O[C@@H]4CO)N1. The number of hydrogen-bond acceptors (Lipinski definition) is 49.